The molecule has 3 aromatic carbocycles. The van der Waals surface area contributed by atoms with Crippen molar-refractivity contribution in [2.75, 3.05) is 26.2 Å². The molecule has 5 rings (SSSR count). The van der Waals surface area contributed by atoms with E-state index in [-0.39, 0.29) is 17.5 Å². The fraction of sp³-hybridized carbons (Fsp3) is 0.355. The van der Waals surface area contributed by atoms with Crippen LogP contribution in [0, 0.1) is 18.6 Å². The number of halogens is 2. The van der Waals surface area contributed by atoms with Crippen LogP contribution >= 0.6 is 0 Å². The average Bonchev–Trinajstić information content (AvgIpc) is 3.16. The molecule has 0 unspecified atom stereocenters. The second-order valence-electron chi connectivity index (χ2n) is 10.2. The van der Waals surface area contributed by atoms with Crippen molar-refractivity contribution in [2.24, 2.45) is 4.99 Å². The van der Waals surface area contributed by atoms with Gasteiger partial charge in [0, 0.05) is 6.54 Å². The molecule has 0 saturated carbocycles. The van der Waals surface area contributed by atoms with E-state index in [0.29, 0.717) is 29.4 Å². The summed E-state index contributed by atoms with van der Waals surface area (Å²) in [6.07, 6.45) is 3.12. The van der Waals surface area contributed by atoms with Crippen LogP contribution < -0.4 is 0 Å². The molecule has 0 atom stereocenters. The minimum atomic E-state index is -1.34. The smallest absolute Gasteiger partial charge is 0.265 e. The predicted molar refractivity (Wildman–Crippen MR) is 143 cm³/mol. The lowest BCUT2D eigenvalue weighted by molar-refractivity contribution is -0.130. The third-order valence-corrected chi connectivity index (χ3v) is 7.79. The molecular weight excluding hydrogens is 468 g/mol. The summed E-state index contributed by atoms with van der Waals surface area (Å²) < 4.78 is 27.4. The maximum Gasteiger partial charge on any atom is 0.265 e. The average molecular weight is 502 g/mol. The van der Waals surface area contributed by atoms with Crippen LogP contribution in [-0.2, 0) is 10.3 Å². The van der Waals surface area contributed by atoms with E-state index in [9.17, 15) is 13.6 Å². The third-order valence-electron chi connectivity index (χ3n) is 7.79. The van der Waals surface area contributed by atoms with Crippen molar-refractivity contribution in [1.29, 1.82) is 0 Å². The van der Waals surface area contributed by atoms with E-state index in [4.69, 9.17) is 4.99 Å². The van der Waals surface area contributed by atoms with E-state index in [2.05, 4.69) is 36.1 Å². The molecule has 1 amide bonds. The Balaban J connectivity index is 1.25. The van der Waals surface area contributed by atoms with Crippen LogP contribution in [0.1, 0.15) is 54.4 Å². The summed E-state index contributed by atoms with van der Waals surface area (Å²) in [6, 6.07) is 20.6. The molecule has 0 bridgehead atoms. The SMILES string of the molecule is CC1=NC(c2ccc(F)cc2)(c2ccc(F)cc2)C(=O)N1CCCN1CCC(c2ccc(C)cc2)CC1. The second kappa shape index (κ2) is 10.5. The molecule has 37 heavy (non-hydrogen) atoms. The Morgan fingerprint density at radius 3 is 1.89 bits per heavy atom. The molecule has 6 heteroatoms. The van der Waals surface area contributed by atoms with E-state index >= 15 is 0 Å². The highest BCUT2D eigenvalue weighted by molar-refractivity contribution is 6.09. The maximum absolute atomic E-state index is 13.9. The highest BCUT2D eigenvalue weighted by Crippen LogP contribution is 2.40. The van der Waals surface area contributed by atoms with E-state index in [1.54, 1.807) is 29.2 Å². The Labute approximate surface area is 217 Å². The van der Waals surface area contributed by atoms with Crippen LogP contribution in [0.25, 0.3) is 0 Å². The van der Waals surface area contributed by atoms with Crippen molar-refractivity contribution in [3.05, 3.63) is 107 Å². The number of hydrogen-bond donors (Lipinski definition) is 0. The molecule has 2 aliphatic rings. The zero-order chi connectivity index (χ0) is 26.0. The van der Waals surface area contributed by atoms with Crippen LogP contribution in [-0.4, -0.2) is 47.7 Å². The highest BCUT2D eigenvalue weighted by atomic mass is 19.1. The molecule has 2 aliphatic heterocycles. The first-order valence-electron chi connectivity index (χ1n) is 13.1. The number of nitrogens with zero attached hydrogens (tertiary/aromatic N) is 3. The number of amides is 1. The largest absolute Gasteiger partial charge is 0.303 e. The molecule has 0 N–H and O–H groups in total. The third kappa shape index (κ3) is 5.08. The van der Waals surface area contributed by atoms with Gasteiger partial charge in [-0.05, 0) is 99.6 Å². The molecule has 2 heterocycles. The van der Waals surface area contributed by atoms with Gasteiger partial charge < -0.3 is 4.90 Å². The number of rotatable bonds is 7. The van der Waals surface area contributed by atoms with E-state index < -0.39 is 5.54 Å². The summed E-state index contributed by atoms with van der Waals surface area (Å²) in [5, 5.41) is 0. The predicted octanol–water partition coefficient (Wildman–Crippen LogP) is 6.05. The molecule has 3 aromatic rings. The first-order valence-corrected chi connectivity index (χ1v) is 13.1. The Morgan fingerprint density at radius 2 is 1.35 bits per heavy atom. The van der Waals surface area contributed by atoms with Gasteiger partial charge in [-0.1, -0.05) is 54.1 Å². The van der Waals surface area contributed by atoms with Crippen molar-refractivity contribution in [3.63, 3.8) is 0 Å². The Kier molecular flexibility index (Phi) is 7.20. The van der Waals surface area contributed by atoms with Crippen molar-refractivity contribution in [2.45, 2.75) is 44.6 Å². The Bertz CT molecular complexity index is 1220. The van der Waals surface area contributed by atoms with E-state index in [0.717, 1.165) is 38.9 Å². The molecule has 4 nitrogen and oxygen atoms in total. The van der Waals surface area contributed by atoms with Gasteiger partial charge >= 0.3 is 0 Å². The quantitative estimate of drug-likeness (QED) is 0.395. The van der Waals surface area contributed by atoms with Crippen LogP contribution in [0.3, 0.4) is 0 Å². The molecule has 0 aromatic heterocycles. The zero-order valence-electron chi connectivity index (χ0n) is 21.5. The number of amidine groups is 1. The lowest BCUT2D eigenvalue weighted by atomic mass is 9.82. The van der Waals surface area contributed by atoms with Gasteiger partial charge in [-0.3, -0.25) is 9.69 Å². The number of carbonyl (C=O) groups is 1. The fourth-order valence-electron chi connectivity index (χ4n) is 5.66. The number of hydrogen-bond acceptors (Lipinski definition) is 3. The van der Waals surface area contributed by atoms with Crippen LogP contribution in [0.15, 0.2) is 77.8 Å². The number of aliphatic imine (C=N–C) groups is 1. The number of likely N-dealkylation sites (tertiary alicyclic amines) is 1. The number of aryl methyl sites for hydroxylation is 1. The van der Waals surface area contributed by atoms with Crippen LogP contribution in [0.5, 0.6) is 0 Å². The summed E-state index contributed by atoms with van der Waals surface area (Å²) >= 11 is 0. The van der Waals surface area contributed by atoms with E-state index in [1.165, 1.54) is 35.4 Å². The number of carbonyl (C=O) groups excluding carboxylic acids is 1. The first kappa shape index (κ1) is 25.3. The van der Waals surface area contributed by atoms with Gasteiger partial charge in [-0.25, -0.2) is 13.8 Å². The van der Waals surface area contributed by atoms with Gasteiger partial charge in [-0.15, -0.1) is 0 Å². The fourth-order valence-corrected chi connectivity index (χ4v) is 5.66. The van der Waals surface area contributed by atoms with Crippen molar-refractivity contribution < 1.29 is 13.6 Å². The van der Waals surface area contributed by atoms with Gasteiger partial charge in [-0.2, -0.15) is 0 Å². The molecule has 0 aliphatic carbocycles. The second-order valence-corrected chi connectivity index (χ2v) is 10.2. The van der Waals surface area contributed by atoms with Crippen molar-refractivity contribution >= 4 is 11.7 Å². The summed E-state index contributed by atoms with van der Waals surface area (Å²) in [5.41, 5.74) is 2.53. The van der Waals surface area contributed by atoms with Gasteiger partial charge in [0.25, 0.3) is 5.91 Å². The highest BCUT2D eigenvalue weighted by Gasteiger charge is 2.49. The standard InChI is InChI=1S/C31H33F2N3O/c1-22-4-6-24(7-5-22)25-16-20-35(21-17-25)18-3-19-36-23(2)34-31(30(36)37,26-8-12-28(32)13-9-26)27-10-14-29(33)15-11-27/h4-15,25H,3,16-21H2,1-2H3. The van der Waals surface area contributed by atoms with Gasteiger partial charge in [0.05, 0.1) is 0 Å². The minimum Gasteiger partial charge on any atom is -0.303 e. The Hall–Kier alpha value is -3.38. The monoisotopic (exact) mass is 501 g/mol. The topological polar surface area (TPSA) is 35.9 Å². The van der Waals surface area contributed by atoms with Crippen LogP contribution in [0.4, 0.5) is 8.78 Å². The minimum absolute atomic E-state index is 0.179. The summed E-state index contributed by atoms with van der Waals surface area (Å²) in [5.74, 6) is 0.288. The normalized spacial score (nSPS) is 18.3. The summed E-state index contributed by atoms with van der Waals surface area (Å²) in [6.45, 7) is 7.52. The molecule has 0 radical (unpaired) electrons. The first-order chi connectivity index (χ1) is 17.9. The Morgan fingerprint density at radius 1 is 0.811 bits per heavy atom. The lowest BCUT2D eigenvalue weighted by Gasteiger charge is -2.33. The summed E-state index contributed by atoms with van der Waals surface area (Å²) in [4.78, 5) is 23.0. The zero-order valence-corrected chi connectivity index (χ0v) is 21.5. The van der Waals surface area contributed by atoms with Crippen LogP contribution in [0.2, 0.25) is 0 Å². The van der Waals surface area contributed by atoms with Crippen molar-refractivity contribution in [1.82, 2.24) is 9.80 Å². The number of benzene rings is 3. The lowest BCUT2D eigenvalue weighted by Crippen LogP contribution is -2.43. The van der Waals surface area contributed by atoms with Gasteiger partial charge in [0.2, 0.25) is 0 Å². The maximum atomic E-state index is 13.9. The number of piperidine rings is 1. The van der Waals surface area contributed by atoms with Gasteiger partial charge in [0.15, 0.2) is 5.54 Å². The van der Waals surface area contributed by atoms with Gasteiger partial charge in [0.1, 0.15) is 17.5 Å². The van der Waals surface area contributed by atoms with E-state index in [1.807, 2.05) is 6.92 Å². The van der Waals surface area contributed by atoms with Crippen molar-refractivity contribution in [3.8, 4) is 0 Å². The molecule has 0 spiro atoms. The molecule has 1 saturated heterocycles. The molecular formula is C31H33F2N3O. The molecule has 192 valence electrons. The summed E-state index contributed by atoms with van der Waals surface area (Å²) in [7, 11) is 0. The molecule has 1 fully saturated rings.